The Morgan fingerprint density at radius 2 is 2.19 bits per heavy atom. The lowest BCUT2D eigenvalue weighted by molar-refractivity contribution is -0.385. The molecular formula is C9H6BrN3O3. The van der Waals surface area contributed by atoms with Gasteiger partial charge in [0.1, 0.15) is 0 Å². The Bertz CT molecular complexity index is 650. The van der Waals surface area contributed by atoms with Gasteiger partial charge in [0.05, 0.1) is 26.6 Å². The summed E-state index contributed by atoms with van der Waals surface area (Å²) >= 11 is 3.09. The van der Waals surface area contributed by atoms with Gasteiger partial charge in [-0.1, -0.05) is 0 Å². The molecule has 6 nitrogen and oxygen atoms in total. The fourth-order valence-corrected chi connectivity index (χ4v) is 1.86. The molecule has 2 rings (SSSR count). The molecule has 0 unspecified atom stereocenters. The fraction of sp³-hybridized carbons (Fsp3) is 0.111. The summed E-state index contributed by atoms with van der Waals surface area (Å²) in [5, 5.41) is 10.7. The molecule has 0 aliphatic heterocycles. The largest absolute Gasteiger partial charge is 0.308 e. The van der Waals surface area contributed by atoms with E-state index >= 15 is 0 Å². The molecule has 0 aliphatic carbocycles. The first-order valence-corrected chi connectivity index (χ1v) is 5.09. The van der Waals surface area contributed by atoms with Crippen LogP contribution in [-0.2, 0) is 7.05 Å². The number of rotatable bonds is 1. The average Bonchev–Trinajstić information content (AvgIpc) is 2.23. The highest BCUT2D eigenvalue weighted by Crippen LogP contribution is 2.28. The zero-order chi connectivity index (χ0) is 11.9. The van der Waals surface area contributed by atoms with Crippen molar-refractivity contribution in [2.45, 2.75) is 0 Å². The van der Waals surface area contributed by atoms with Crippen molar-refractivity contribution in [2.75, 3.05) is 0 Å². The van der Waals surface area contributed by atoms with Crippen molar-refractivity contribution >= 4 is 32.7 Å². The van der Waals surface area contributed by atoms with Crippen LogP contribution in [0.25, 0.3) is 11.0 Å². The molecule has 2 aromatic rings. The number of hydrogen-bond acceptors (Lipinski definition) is 4. The van der Waals surface area contributed by atoms with E-state index in [1.54, 1.807) is 7.05 Å². The zero-order valence-electron chi connectivity index (χ0n) is 8.18. The fourth-order valence-electron chi connectivity index (χ4n) is 1.38. The smallest absolute Gasteiger partial charge is 0.285 e. The van der Waals surface area contributed by atoms with Gasteiger partial charge in [-0.2, -0.15) is 0 Å². The number of aryl methyl sites for hydroxylation is 1. The van der Waals surface area contributed by atoms with E-state index in [1.165, 1.54) is 22.9 Å². The second-order valence-electron chi connectivity index (χ2n) is 3.20. The maximum atomic E-state index is 11.3. The predicted molar refractivity (Wildman–Crippen MR) is 61.3 cm³/mol. The maximum absolute atomic E-state index is 11.3. The van der Waals surface area contributed by atoms with Crippen LogP contribution in [0.2, 0.25) is 0 Å². The highest BCUT2D eigenvalue weighted by Gasteiger charge is 2.14. The van der Waals surface area contributed by atoms with E-state index in [4.69, 9.17) is 0 Å². The second-order valence-corrected chi connectivity index (χ2v) is 4.06. The number of aromatic nitrogens is 2. The predicted octanol–water partition coefficient (Wildman–Crippen LogP) is 1.60. The molecule has 16 heavy (non-hydrogen) atoms. The molecular weight excluding hydrogens is 278 g/mol. The minimum absolute atomic E-state index is 0.0875. The van der Waals surface area contributed by atoms with Crippen molar-refractivity contribution in [1.29, 1.82) is 0 Å². The summed E-state index contributed by atoms with van der Waals surface area (Å²) in [6.45, 7) is 0. The number of nitrogens with zero attached hydrogens (tertiary/aromatic N) is 3. The molecule has 1 heterocycles. The monoisotopic (exact) mass is 283 g/mol. The van der Waals surface area contributed by atoms with Crippen molar-refractivity contribution in [3.8, 4) is 0 Å². The highest BCUT2D eigenvalue weighted by atomic mass is 79.9. The molecule has 0 atom stereocenters. The van der Waals surface area contributed by atoms with E-state index in [9.17, 15) is 14.9 Å². The van der Waals surface area contributed by atoms with E-state index in [2.05, 4.69) is 20.9 Å². The van der Waals surface area contributed by atoms with Crippen LogP contribution < -0.4 is 5.56 Å². The van der Waals surface area contributed by atoms with E-state index in [0.717, 1.165) is 0 Å². The summed E-state index contributed by atoms with van der Waals surface area (Å²) in [6.07, 6.45) is 1.18. The first-order chi connectivity index (χ1) is 7.50. The van der Waals surface area contributed by atoms with Gasteiger partial charge in [0.2, 0.25) is 0 Å². The summed E-state index contributed by atoms with van der Waals surface area (Å²) in [6, 6.07) is 2.85. The SMILES string of the molecule is Cn1c(=O)cnc2cc(Br)c([N+](=O)[O-])cc21. The van der Waals surface area contributed by atoms with E-state index in [1.807, 2.05) is 0 Å². The first kappa shape index (κ1) is 10.7. The molecule has 0 saturated carbocycles. The van der Waals surface area contributed by atoms with Gasteiger partial charge in [0.15, 0.2) is 0 Å². The van der Waals surface area contributed by atoms with Gasteiger partial charge in [-0.25, -0.2) is 4.98 Å². The average molecular weight is 284 g/mol. The number of hydrogen-bond donors (Lipinski definition) is 0. The third-order valence-corrected chi connectivity index (χ3v) is 2.88. The van der Waals surface area contributed by atoms with Crippen LogP contribution in [0.4, 0.5) is 5.69 Å². The third kappa shape index (κ3) is 1.58. The Morgan fingerprint density at radius 3 is 2.81 bits per heavy atom. The van der Waals surface area contributed by atoms with E-state index in [-0.39, 0.29) is 11.2 Å². The number of halogens is 1. The standard InChI is InChI=1S/C9H6BrN3O3/c1-12-8-3-7(13(15)16)5(10)2-6(8)11-4-9(12)14/h2-4H,1H3. The molecule has 7 heteroatoms. The van der Waals surface area contributed by atoms with Gasteiger partial charge in [-0.3, -0.25) is 14.9 Å². The van der Waals surface area contributed by atoms with Crippen LogP contribution in [0.1, 0.15) is 0 Å². The Labute approximate surface area is 97.8 Å². The van der Waals surface area contributed by atoms with Gasteiger partial charge in [-0.15, -0.1) is 0 Å². The van der Waals surface area contributed by atoms with Crippen LogP contribution in [-0.4, -0.2) is 14.5 Å². The Balaban J connectivity index is 2.91. The molecule has 0 fully saturated rings. The normalized spacial score (nSPS) is 10.6. The lowest BCUT2D eigenvalue weighted by atomic mass is 10.2. The Morgan fingerprint density at radius 1 is 1.50 bits per heavy atom. The summed E-state index contributed by atoms with van der Waals surface area (Å²) in [7, 11) is 1.55. The highest BCUT2D eigenvalue weighted by molar-refractivity contribution is 9.10. The number of nitro groups is 1. The molecule has 0 amide bonds. The number of nitro benzene ring substituents is 1. The molecule has 1 aromatic heterocycles. The van der Waals surface area contributed by atoms with Crippen LogP contribution in [0, 0.1) is 10.1 Å². The maximum Gasteiger partial charge on any atom is 0.285 e. The Hall–Kier alpha value is -1.76. The van der Waals surface area contributed by atoms with Crippen molar-refractivity contribution in [2.24, 2.45) is 7.05 Å². The minimum atomic E-state index is -0.513. The van der Waals surface area contributed by atoms with E-state index in [0.29, 0.717) is 15.5 Å². The van der Waals surface area contributed by atoms with Gasteiger partial charge >= 0.3 is 0 Å². The molecule has 0 aliphatic rings. The summed E-state index contributed by atoms with van der Waals surface area (Å²) in [5.41, 5.74) is 0.571. The second kappa shape index (κ2) is 3.67. The molecule has 0 spiro atoms. The third-order valence-electron chi connectivity index (χ3n) is 2.25. The molecule has 0 N–H and O–H groups in total. The molecule has 0 bridgehead atoms. The van der Waals surface area contributed by atoms with Crippen LogP contribution >= 0.6 is 15.9 Å². The van der Waals surface area contributed by atoms with Crippen molar-refractivity contribution < 1.29 is 4.92 Å². The van der Waals surface area contributed by atoms with Gasteiger partial charge in [-0.05, 0) is 22.0 Å². The molecule has 1 aromatic carbocycles. The first-order valence-electron chi connectivity index (χ1n) is 4.30. The molecule has 0 radical (unpaired) electrons. The lowest BCUT2D eigenvalue weighted by Gasteiger charge is -2.04. The van der Waals surface area contributed by atoms with Crippen molar-refractivity contribution in [3.05, 3.63) is 43.3 Å². The number of fused-ring (bicyclic) bond motifs is 1. The van der Waals surface area contributed by atoms with Crippen molar-refractivity contribution in [1.82, 2.24) is 9.55 Å². The van der Waals surface area contributed by atoms with Gasteiger partial charge in [0.25, 0.3) is 11.2 Å². The summed E-state index contributed by atoms with van der Waals surface area (Å²) in [5.74, 6) is 0. The summed E-state index contributed by atoms with van der Waals surface area (Å²) < 4.78 is 1.66. The zero-order valence-corrected chi connectivity index (χ0v) is 9.76. The lowest BCUT2D eigenvalue weighted by Crippen LogP contribution is -2.16. The van der Waals surface area contributed by atoms with Crippen LogP contribution in [0.5, 0.6) is 0 Å². The van der Waals surface area contributed by atoms with Gasteiger partial charge in [0, 0.05) is 13.1 Å². The van der Waals surface area contributed by atoms with Crippen LogP contribution in [0.3, 0.4) is 0 Å². The quantitative estimate of drug-likeness (QED) is 0.588. The Kier molecular flexibility index (Phi) is 2.47. The molecule has 82 valence electrons. The van der Waals surface area contributed by atoms with E-state index < -0.39 is 4.92 Å². The minimum Gasteiger partial charge on any atom is -0.308 e. The van der Waals surface area contributed by atoms with Crippen molar-refractivity contribution in [3.63, 3.8) is 0 Å². The number of benzene rings is 1. The van der Waals surface area contributed by atoms with Gasteiger partial charge < -0.3 is 4.57 Å². The van der Waals surface area contributed by atoms with Crippen LogP contribution in [0.15, 0.2) is 27.6 Å². The topological polar surface area (TPSA) is 78.0 Å². The summed E-state index contributed by atoms with van der Waals surface area (Å²) in [4.78, 5) is 25.5. The molecule has 0 saturated heterocycles.